The molecule has 0 saturated heterocycles. The van der Waals surface area contributed by atoms with E-state index in [4.69, 9.17) is 0 Å². The zero-order valence-electron chi connectivity index (χ0n) is 13.8. The Hall–Kier alpha value is -3.21. The van der Waals surface area contributed by atoms with Gasteiger partial charge in [0, 0.05) is 24.6 Å². The second kappa shape index (κ2) is 7.57. The number of nitrogens with zero attached hydrogens (tertiary/aromatic N) is 1. The van der Waals surface area contributed by atoms with Crippen LogP contribution in [0.25, 0.3) is 0 Å². The van der Waals surface area contributed by atoms with Gasteiger partial charge in [0.05, 0.1) is 11.3 Å². The number of halogens is 1. The number of pyridine rings is 1. The van der Waals surface area contributed by atoms with Crippen molar-refractivity contribution >= 4 is 17.3 Å². The molecule has 0 aliphatic carbocycles. The molecule has 1 aromatic heterocycles. The topological polar surface area (TPSA) is 54.0 Å². The quantitative estimate of drug-likeness (QED) is 0.727. The molecule has 0 unspecified atom stereocenters. The first kappa shape index (κ1) is 16.6. The third-order valence-corrected chi connectivity index (χ3v) is 3.69. The molecule has 5 heteroatoms. The molecular formula is C20H18FN3O. The Kier molecular flexibility index (Phi) is 5.04. The van der Waals surface area contributed by atoms with Crippen LogP contribution in [-0.4, -0.2) is 10.9 Å². The van der Waals surface area contributed by atoms with Crippen molar-refractivity contribution in [3.05, 3.63) is 89.5 Å². The van der Waals surface area contributed by atoms with Gasteiger partial charge in [-0.25, -0.2) is 4.39 Å². The molecule has 0 saturated carbocycles. The second-order valence-corrected chi connectivity index (χ2v) is 5.77. The van der Waals surface area contributed by atoms with Crippen LogP contribution in [0.15, 0.2) is 67.0 Å². The van der Waals surface area contributed by atoms with Crippen LogP contribution >= 0.6 is 0 Å². The maximum atomic E-state index is 12.9. The summed E-state index contributed by atoms with van der Waals surface area (Å²) in [6, 6.07) is 15.6. The lowest BCUT2D eigenvalue weighted by molar-refractivity contribution is 0.102. The molecule has 4 nitrogen and oxygen atoms in total. The number of carbonyl (C=O) groups excluding carboxylic acids is 1. The molecule has 0 atom stereocenters. The highest BCUT2D eigenvalue weighted by atomic mass is 19.1. The van der Waals surface area contributed by atoms with Crippen molar-refractivity contribution in [2.75, 3.05) is 10.6 Å². The minimum absolute atomic E-state index is 0.219. The van der Waals surface area contributed by atoms with Gasteiger partial charge in [-0.15, -0.1) is 0 Å². The van der Waals surface area contributed by atoms with Crippen molar-refractivity contribution in [2.45, 2.75) is 13.5 Å². The lowest BCUT2D eigenvalue weighted by atomic mass is 10.2. The lowest BCUT2D eigenvalue weighted by Gasteiger charge is -2.09. The first-order chi connectivity index (χ1) is 12.1. The SMILES string of the molecule is Cc1cccc(NC(=O)c2cncc(NCc3ccc(F)cc3)c2)c1. The summed E-state index contributed by atoms with van der Waals surface area (Å²) >= 11 is 0. The van der Waals surface area contributed by atoms with Crippen LogP contribution in [0.1, 0.15) is 21.5 Å². The number of aromatic nitrogens is 1. The van der Waals surface area contributed by atoms with E-state index in [1.165, 1.54) is 18.3 Å². The minimum atomic E-state index is -0.264. The normalized spacial score (nSPS) is 10.3. The summed E-state index contributed by atoms with van der Waals surface area (Å²) in [5.74, 6) is -0.483. The van der Waals surface area contributed by atoms with Crippen LogP contribution in [0.5, 0.6) is 0 Å². The van der Waals surface area contributed by atoms with Gasteiger partial charge < -0.3 is 10.6 Å². The molecule has 0 aliphatic heterocycles. The molecule has 1 heterocycles. The van der Waals surface area contributed by atoms with Gasteiger partial charge in [-0.05, 0) is 48.4 Å². The summed E-state index contributed by atoms with van der Waals surface area (Å²) in [6.07, 6.45) is 3.17. The average Bonchev–Trinajstić information content (AvgIpc) is 2.61. The summed E-state index contributed by atoms with van der Waals surface area (Å²) in [6.45, 7) is 2.49. The van der Waals surface area contributed by atoms with E-state index in [2.05, 4.69) is 15.6 Å². The molecular weight excluding hydrogens is 317 g/mol. The van der Waals surface area contributed by atoms with Gasteiger partial charge in [0.15, 0.2) is 0 Å². The number of rotatable bonds is 5. The summed E-state index contributed by atoms with van der Waals surface area (Å²) in [5.41, 5.74) is 3.95. The van der Waals surface area contributed by atoms with E-state index < -0.39 is 0 Å². The van der Waals surface area contributed by atoms with Gasteiger partial charge in [0.25, 0.3) is 5.91 Å². The first-order valence-corrected chi connectivity index (χ1v) is 7.91. The molecule has 25 heavy (non-hydrogen) atoms. The molecule has 0 fully saturated rings. The molecule has 3 rings (SSSR count). The van der Waals surface area contributed by atoms with Crippen molar-refractivity contribution < 1.29 is 9.18 Å². The Morgan fingerprint density at radius 3 is 2.60 bits per heavy atom. The molecule has 0 bridgehead atoms. The van der Waals surface area contributed by atoms with Gasteiger partial charge >= 0.3 is 0 Å². The number of anilines is 2. The fraction of sp³-hybridized carbons (Fsp3) is 0.100. The standard InChI is InChI=1S/C20H18FN3O/c1-14-3-2-4-18(9-14)24-20(25)16-10-19(13-22-12-16)23-11-15-5-7-17(21)8-6-15/h2-10,12-13,23H,11H2,1H3,(H,24,25). The fourth-order valence-corrected chi connectivity index (χ4v) is 2.39. The number of hydrogen-bond acceptors (Lipinski definition) is 3. The van der Waals surface area contributed by atoms with E-state index in [1.807, 2.05) is 31.2 Å². The Morgan fingerprint density at radius 1 is 1.04 bits per heavy atom. The molecule has 0 aliphatic rings. The molecule has 0 radical (unpaired) electrons. The van der Waals surface area contributed by atoms with Gasteiger partial charge in [0.2, 0.25) is 0 Å². The summed E-state index contributed by atoms with van der Waals surface area (Å²) in [7, 11) is 0. The zero-order valence-corrected chi connectivity index (χ0v) is 13.8. The predicted octanol–water partition coefficient (Wildman–Crippen LogP) is 4.39. The van der Waals surface area contributed by atoms with Gasteiger partial charge in [-0.1, -0.05) is 24.3 Å². The largest absolute Gasteiger partial charge is 0.380 e. The van der Waals surface area contributed by atoms with Gasteiger partial charge in [-0.3, -0.25) is 9.78 Å². The van der Waals surface area contributed by atoms with E-state index in [0.717, 1.165) is 22.5 Å². The van der Waals surface area contributed by atoms with Crippen LogP contribution in [0.4, 0.5) is 15.8 Å². The third kappa shape index (κ3) is 4.64. The van der Waals surface area contributed by atoms with Crippen LogP contribution in [-0.2, 0) is 6.54 Å². The number of carbonyl (C=O) groups is 1. The highest BCUT2D eigenvalue weighted by molar-refractivity contribution is 6.04. The predicted molar refractivity (Wildman–Crippen MR) is 97.1 cm³/mol. The number of hydrogen-bond donors (Lipinski definition) is 2. The molecule has 1 amide bonds. The van der Waals surface area contributed by atoms with Gasteiger partial charge in [0.1, 0.15) is 5.82 Å². The van der Waals surface area contributed by atoms with Crippen LogP contribution in [0, 0.1) is 12.7 Å². The maximum absolute atomic E-state index is 12.9. The van der Waals surface area contributed by atoms with Gasteiger partial charge in [-0.2, -0.15) is 0 Å². The molecule has 0 spiro atoms. The highest BCUT2D eigenvalue weighted by Gasteiger charge is 2.08. The number of amides is 1. The van der Waals surface area contributed by atoms with Crippen molar-refractivity contribution in [1.29, 1.82) is 0 Å². The Bertz CT molecular complexity index is 878. The zero-order chi connectivity index (χ0) is 17.6. The summed E-state index contributed by atoms with van der Waals surface area (Å²) in [4.78, 5) is 16.5. The lowest BCUT2D eigenvalue weighted by Crippen LogP contribution is -2.13. The number of nitrogens with one attached hydrogen (secondary N) is 2. The molecule has 3 aromatic rings. The minimum Gasteiger partial charge on any atom is -0.380 e. The summed E-state index contributed by atoms with van der Waals surface area (Å²) < 4.78 is 12.9. The van der Waals surface area contributed by atoms with Crippen LogP contribution in [0.2, 0.25) is 0 Å². The molecule has 126 valence electrons. The van der Waals surface area contributed by atoms with Crippen molar-refractivity contribution in [1.82, 2.24) is 4.98 Å². The monoisotopic (exact) mass is 335 g/mol. The van der Waals surface area contributed by atoms with Crippen LogP contribution < -0.4 is 10.6 Å². The molecule has 2 aromatic carbocycles. The van der Waals surface area contributed by atoms with E-state index in [1.54, 1.807) is 24.4 Å². The Balaban J connectivity index is 1.66. The summed E-state index contributed by atoms with van der Waals surface area (Å²) in [5, 5.41) is 6.04. The third-order valence-electron chi connectivity index (χ3n) is 3.69. The number of aryl methyl sites for hydroxylation is 1. The van der Waals surface area contributed by atoms with E-state index in [0.29, 0.717) is 12.1 Å². The maximum Gasteiger partial charge on any atom is 0.257 e. The smallest absolute Gasteiger partial charge is 0.257 e. The highest BCUT2D eigenvalue weighted by Crippen LogP contribution is 2.14. The Labute approximate surface area is 145 Å². The fourth-order valence-electron chi connectivity index (χ4n) is 2.39. The second-order valence-electron chi connectivity index (χ2n) is 5.77. The van der Waals surface area contributed by atoms with Crippen molar-refractivity contribution in [2.24, 2.45) is 0 Å². The average molecular weight is 335 g/mol. The van der Waals surface area contributed by atoms with Crippen molar-refractivity contribution in [3.63, 3.8) is 0 Å². The first-order valence-electron chi connectivity index (χ1n) is 7.91. The van der Waals surface area contributed by atoms with E-state index >= 15 is 0 Å². The number of benzene rings is 2. The van der Waals surface area contributed by atoms with Crippen LogP contribution in [0.3, 0.4) is 0 Å². The Morgan fingerprint density at radius 2 is 1.84 bits per heavy atom. The van der Waals surface area contributed by atoms with E-state index in [9.17, 15) is 9.18 Å². The van der Waals surface area contributed by atoms with Crippen molar-refractivity contribution in [3.8, 4) is 0 Å². The van der Waals surface area contributed by atoms with E-state index in [-0.39, 0.29) is 11.7 Å². The molecule has 2 N–H and O–H groups in total.